The average Bonchev–Trinajstić information content (AvgIpc) is 3.32. The van der Waals surface area contributed by atoms with E-state index in [1.54, 1.807) is 42.5 Å². The van der Waals surface area contributed by atoms with Gasteiger partial charge in [0.25, 0.3) is 5.91 Å². The lowest BCUT2D eigenvalue weighted by molar-refractivity contribution is -0.112. The van der Waals surface area contributed by atoms with E-state index in [1.807, 2.05) is 0 Å². The monoisotopic (exact) mass is 550 g/mol. The Morgan fingerprint density at radius 3 is 2.23 bits per heavy atom. The predicted octanol–water partition coefficient (Wildman–Crippen LogP) is 7.60. The van der Waals surface area contributed by atoms with Crippen molar-refractivity contribution in [2.45, 2.75) is 10.3 Å². The van der Waals surface area contributed by atoms with E-state index in [0.29, 0.717) is 38.1 Å². The number of hydrogen-bond acceptors (Lipinski definition) is 3. The zero-order valence-electron chi connectivity index (χ0n) is 18.1. The number of nitrogens with one attached hydrogen (secondary N) is 2. The highest BCUT2D eigenvalue weighted by Crippen LogP contribution is 2.73. The third-order valence-electron chi connectivity index (χ3n) is 6.05. The van der Waals surface area contributed by atoms with Crippen molar-refractivity contribution in [3.8, 4) is 0 Å². The summed E-state index contributed by atoms with van der Waals surface area (Å²) in [6.07, 6.45) is 2.29. The number of aldehydes is 1. The summed E-state index contributed by atoms with van der Waals surface area (Å²) in [4.78, 5) is 25.1. The topological polar surface area (TPSA) is 58.2 Å². The summed E-state index contributed by atoms with van der Waals surface area (Å²) in [6.45, 7) is 3.86. The fourth-order valence-corrected chi connectivity index (χ4v) is 5.67. The lowest BCUT2D eigenvalue weighted by atomic mass is 10.00. The Bertz CT molecular complexity index is 1290. The molecular formula is C26H19Cl4FN2O2. The summed E-state index contributed by atoms with van der Waals surface area (Å²) in [7, 11) is 0. The van der Waals surface area contributed by atoms with E-state index in [9.17, 15) is 14.0 Å². The highest BCUT2D eigenvalue weighted by molar-refractivity contribution is 6.54. The van der Waals surface area contributed by atoms with Crippen LogP contribution in [0.15, 0.2) is 67.2 Å². The number of benzene rings is 3. The second-order valence-electron chi connectivity index (χ2n) is 8.24. The Labute approximate surface area is 222 Å². The first-order chi connectivity index (χ1) is 16.6. The van der Waals surface area contributed by atoms with Crippen molar-refractivity contribution >= 4 is 76.0 Å². The summed E-state index contributed by atoms with van der Waals surface area (Å²) >= 11 is 25.4. The number of anilines is 2. The van der Waals surface area contributed by atoms with Crippen molar-refractivity contribution in [3.63, 3.8) is 0 Å². The molecule has 0 heterocycles. The SMILES string of the molecule is C=Cc1ccc(NCC2(C=O)C(c3cc(Cl)cc(Cl)c3)C2(Cl)Cl)cc1C(=O)Nc1ccc(F)cc1. The van der Waals surface area contributed by atoms with Crippen molar-refractivity contribution < 1.29 is 14.0 Å². The third-order valence-corrected chi connectivity index (χ3v) is 7.62. The molecule has 0 aliphatic heterocycles. The smallest absolute Gasteiger partial charge is 0.256 e. The van der Waals surface area contributed by atoms with E-state index >= 15 is 0 Å². The Morgan fingerprint density at radius 2 is 1.63 bits per heavy atom. The molecule has 1 amide bonds. The van der Waals surface area contributed by atoms with Crippen LogP contribution in [-0.2, 0) is 4.79 Å². The third kappa shape index (κ3) is 4.91. The van der Waals surface area contributed by atoms with Crippen LogP contribution in [0.25, 0.3) is 6.08 Å². The van der Waals surface area contributed by atoms with Crippen LogP contribution in [0.3, 0.4) is 0 Å². The fraction of sp³-hybridized carbons (Fsp3) is 0.154. The van der Waals surface area contributed by atoms with Gasteiger partial charge in [-0.2, -0.15) is 0 Å². The minimum Gasteiger partial charge on any atom is -0.384 e. The molecule has 9 heteroatoms. The van der Waals surface area contributed by atoms with Gasteiger partial charge < -0.3 is 15.4 Å². The summed E-state index contributed by atoms with van der Waals surface area (Å²) in [6, 6.07) is 15.5. The maximum Gasteiger partial charge on any atom is 0.256 e. The van der Waals surface area contributed by atoms with Crippen LogP contribution in [0.2, 0.25) is 10.0 Å². The molecule has 0 spiro atoms. The molecule has 0 bridgehead atoms. The van der Waals surface area contributed by atoms with Gasteiger partial charge in [-0.05, 0) is 65.7 Å². The van der Waals surface area contributed by atoms with Crippen LogP contribution in [0.4, 0.5) is 15.8 Å². The Hall–Kier alpha value is -2.57. The number of hydrogen-bond donors (Lipinski definition) is 2. The summed E-state index contributed by atoms with van der Waals surface area (Å²) in [5, 5.41) is 6.72. The zero-order chi connectivity index (χ0) is 25.4. The average molecular weight is 552 g/mol. The van der Waals surface area contributed by atoms with E-state index in [1.165, 1.54) is 24.3 Å². The zero-order valence-corrected chi connectivity index (χ0v) is 21.1. The van der Waals surface area contributed by atoms with Crippen LogP contribution in [0.5, 0.6) is 0 Å². The van der Waals surface area contributed by atoms with Crippen molar-refractivity contribution in [1.82, 2.24) is 0 Å². The molecular weight excluding hydrogens is 533 g/mol. The second kappa shape index (κ2) is 9.82. The molecule has 2 atom stereocenters. The van der Waals surface area contributed by atoms with Gasteiger partial charge in [0.15, 0.2) is 0 Å². The fourth-order valence-electron chi connectivity index (χ4n) is 4.15. The Balaban J connectivity index is 1.56. The standard InChI is InChI=1S/C26H19Cl4FN2O2/c1-2-15-3-6-21(12-22(15)24(35)33-20-7-4-19(31)5-8-20)32-13-25(14-34)23(26(25,29)30)16-9-17(27)11-18(28)10-16/h2-12,14,23,32H,1,13H2,(H,33,35). The number of halogens is 5. The largest absolute Gasteiger partial charge is 0.384 e. The molecule has 1 fully saturated rings. The van der Waals surface area contributed by atoms with Crippen molar-refractivity contribution in [2.24, 2.45) is 5.41 Å². The van der Waals surface area contributed by atoms with E-state index in [-0.39, 0.29) is 6.54 Å². The molecule has 0 aromatic heterocycles. The molecule has 3 aromatic carbocycles. The van der Waals surface area contributed by atoms with Gasteiger partial charge in [-0.1, -0.05) is 65.1 Å². The number of carbonyl (C=O) groups excluding carboxylic acids is 2. The molecule has 1 aliphatic carbocycles. The van der Waals surface area contributed by atoms with Crippen molar-refractivity contribution in [2.75, 3.05) is 17.2 Å². The van der Waals surface area contributed by atoms with Gasteiger partial charge in [-0.3, -0.25) is 4.79 Å². The Morgan fingerprint density at radius 1 is 1.00 bits per heavy atom. The molecule has 1 aliphatic rings. The highest BCUT2D eigenvalue weighted by Gasteiger charge is 2.76. The lowest BCUT2D eigenvalue weighted by Crippen LogP contribution is -2.23. The number of amides is 1. The van der Waals surface area contributed by atoms with Gasteiger partial charge in [0.05, 0.1) is 5.41 Å². The van der Waals surface area contributed by atoms with Crippen LogP contribution in [0, 0.1) is 11.2 Å². The molecule has 4 nitrogen and oxygen atoms in total. The van der Waals surface area contributed by atoms with Crippen LogP contribution in [-0.4, -0.2) is 23.1 Å². The molecule has 2 unspecified atom stereocenters. The summed E-state index contributed by atoms with van der Waals surface area (Å²) < 4.78 is 11.8. The number of rotatable bonds is 8. The second-order valence-corrected chi connectivity index (χ2v) is 10.5. The molecule has 1 saturated carbocycles. The van der Waals surface area contributed by atoms with Crippen molar-refractivity contribution in [3.05, 3.63) is 99.8 Å². The van der Waals surface area contributed by atoms with Gasteiger partial charge in [0.1, 0.15) is 16.4 Å². The first-order valence-corrected chi connectivity index (χ1v) is 12.0. The minimum atomic E-state index is -1.38. The van der Waals surface area contributed by atoms with Gasteiger partial charge in [0.2, 0.25) is 0 Å². The van der Waals surface area contributed by atoms with Crippen LogP contribution >= 0.6 is 46.4 Å². The van der Waals surface area contributed by atoms with E-state index in [4.69, 9.17) is 46.4 Å². The molecule has 2 N–H and O–H groups in total. The predicted molar refractivity (Wildman–Crippen MR) is 142 cm³/mol. The van der Waals surface area contributed by atoms with Crippen molar-refractivity contribution in [1.29, 1.82) is 0 Å². The normalized spacial score (nSPS) is 20.1. The summed E-state index contributed by atoms with van der Waals surface area (Å²) in [5.74, 6) is -1.34. The lowest BCUT2D eigenvalue weighted by Gasteiger charge is -2.16. The molecule has 0 saturated heterocycles. The minimum absolute atomic E-state index is 0.102. The van der Waals surface area contributed by atoms with Crippen LogP contribution in [0.1, 0.15) is 27.4 Å². The molecule has 35 heavy (non-hydrogen) atoms. The maximum atomic E-state index is 13.2. The maximum absolute atomic E-state index is 13.2. The van der Waals surface area contributed by atoms with Gasteiger partial charge >= 0.3 is 0 Å². The number of carbonyl (C=O) groups is 2. The van der Waals surface area contributed by atoms with Gasteiger partial charge in [-0.15, -0.1) is 0 Å². The van der Waals surface area contributed by atoms with E-state index in [2.05, 4.69) is 17.2 Å². The molecule has 180 valence electrons. The highest BCUT2D eigenvalue weighted by atomic mass is 35.5. The quantitative estimate of drug-likeness (QED) is 0.224. The first kappa shape index (κ1) is 25.5. The summed E-state index contributed by atoms with van der Waals surface area (Å²) in [5.41, 5.74) is 1.47. The first-order valence-electron chi connectivity index (χ1n) is 10.5. The van der Waals surface area contributed by atoms with E-state index in [0.717, 1.165) is 6.29 Å². The molecule has 0 radical (unpaired) electrons. The van der Waals surface area contributed by atoms with Gasteiger partial charge in [0, 0.05) is 39.4 Å². The molecule has 4 rings (SSSR count). The van der Waals surface area contributed by atoms with Crippen LogP contribution < -0.4 is 10.6 Å². The number of alkyl halides is 2. The van der Waals surface area contributed by atoms with Gasteiger partial charge in [-0.25, -0.2) is 4.39 Å². The molecule has 3 aromatic rings. The Kier molecular flexibility index (Phi) is 7.16. The van der Waals surface area contributed by atoms with E-state index < -0.39 is 27.4 Å².